The summed E-state index contributed by atoms with van der Waals surface area (Å²) in [6, 6.07) is 4.77. The Bertz CT molecular complexity index is 423. The van der Waals surface area contributed by atoms with Crippen LogP contribution in [0.1, 0.15) is 0 Å². The third kappa shape index (κ3) is 3.57. The van der Waals surface area contributed by atoms with Gasteiger partial charge in [-0.25, -0.2) is 0 Å². The van der Waals surface area contributed by atoms with E-state index in [2.05, 4.69) is 5.32 Å². The average molecular weight is 255 g/mol. The molecule has 0 amide bonds. The van der Waals surface area contributed by atoms with Gasteiger partial charge in [0.05, 0.1) is 17.6 Å². The number of hydrogen-bond acceptors (Lipinski definition) is 6. The summed E-state index contributed by atoms with van der Waals surface area (Å²) in [6.07, 6.45) is -0.946. The lowest BCUT2D eigenvalue weighted by molar-refractivity contribution is -0.383. The predicted octanol–water partition coefficient (Wildman–Crippen LogP) is 0.426. The van der Waals surface area contributed by atoms with Gasteiger partial charge in [-0.05, 0) is 12.1 Å². The Balaban J connectivity index is 2.93. The highest BCUT2D eigenvalue weighted by atomic mass is 16.6. The molecule has 0 bridgehead atoms. The standard InChI is InChI=1S/C11H17N3O4/c1-13(2)8-3-4-10(11(5-8)14(17)18)12-6-9(16)7-15/h3-5,9,12,15-16H,6-7H2,1-2H3. The lowest BCUT2D eigenvalue weighted by Crippen LogP contribution is -2.23. The molecule has 100 valence electrons. The molecule has 0 fully saturated rings. The van der Waals surface area contributed by atoms with E-state index in [1.807, 2.05) is 0 Å². The molecular formula is C11H17N3O4. The van der Waals surface area contributed by atoms with Crippen LogP contribution in [0.5, 0.6) is 0 Å². The van der Waals surface area contributed by atoms with Crippen molar-refractivity contribution >= 4 is 17.1 Å². The molecule has 0 aliphatic carbocycles. The fourth-order valence-electron chi connectivity index (χ4n) is 1.39. The van der Waals surface area contributed by atoms with Crippen molar-refractivity contribution in [1.29, 1.82) is 0 Å². The fraction of sp³-hybridized carbons (Fsp3) is 0.455. The van der Waals surface area contributed by atoms with E-state index >= 15 is 0 Å². The molecular weight excluding hydrogens is 238 g/mol. The van der Waals surface area contributed by atoms with Gasteiger partial charge >= 0.3 is 0 Å². The number of anilines is 2. The molecule has 0 aromatic heterocycles. The third-order valence-electron chi connectivity index (χ3n) is 2.43. The first-order valence-electron chi connectivity index (χ1n) is 5.44. The van der Waals surface area contributed by atoms with Crippen LogP contribution in [-0.4, -0.2) is 48.5 Å². The summed E-state index contributed by atoms with van der Waals surface area (Å²) in [5.74, 6) is 0. The van der Waals surface area contributed by atoms with Crippen molar-refractivity contribution in [2.75, 3.05) is 37.5 Å². The molecule has 0 radical (unpaired) electrons. The van der Waals surface area contributed by atoms with Crippen molar-refractivity contribution < 1.29 is 15.1 Å². The molecule has 0 heterocycles. The Hall–Kier alpha value is -1.86. The summed E-state index contributed by atoms with van der Waals surface area (Å²) in [5.41, 5.74) is 0.972. The second kappa shape index (κ2) is 6.18. The highest BCUT2D eigenvalue weighted by Gasteiger charge is 2.15. The van der Waals surface area contributed by atoms with E-state index in [-0.39, 0.29) is 12.2 Å². The number of rotatable bonds is 6. The second-order valence-corrected chi connectivity index (χ2v) is 4.07. The van der Waals surface area contributed by atoms with E-state index in [4.69, 9.17) is 5.11 Å². The normalized spacial score (nSPS) is 12.0. The average Bonchev–Trinajstić information content (AvgIpc) is 2.35. The monoisotopic (exact) mass is 255 g/mol. The summed E-state index contributed by atoms with van der Waals surface area (Å²) in [5, 5.41) is 31.6. The van der Waals surface area contributed by atoms with Crippen molar-refractivity contribution in [3.05, 3.63) is 28.3 Å². The van der Waals surface area contributed by atoms with E-state index < -0.39 is 17.6 Å². The first kappa shape index (κ1) is 14.2. The van der Waals surface area contributed by atoms with Crippen LogP contribution in [0.15, 0.2) is 18.2 Å². The van der Waals surface area contributed by atoms with Crippen molar-refractivity contribution in [1.82, 2.24) is 0 Å². The minimum atomic E-state index is -0.946. The zero-order valence-corrected chi connectivity index (χ0v) is 10.3. The molecule has 0 spiro atoms. The lowest BCUT2D eigenvalue weighted by Gasteiger charge is -2.15. The van der Waals surface area contributed by atoms with Gasteiger partial charge in [0.1, 0.15) is 5.69 Å². The third-order valence-corrected chi connectivity index (χ3v) is 2.43. The van der Waals surface area contributed by atoms with Crippen LogP contribution in [0.3, 0.4) is 0 Å². The Kier molecular flexibility index (Phi) is 4.87. The Morgan fingerprint density at radius 3 is 2.67 bits per heavy atom. The minimum Gasteiger partial charge on any atom is -0.394 e. The Labute approximate surface area is 105 Å². The minimum absolute atomic E-state index is 0.0542. The predicted molar refractivity (Wildman–Crippen MR) is 69.0 cm³/mol. The highest BCUT2D eigenvalue weighted by Crippen LogP contribution is 2.28. The summed E-state index contributed by atoms with van der Waals surface area (Å²) in [7, 11) is 3.59. The van der Waals surface area contributed by atoms with Gasteiger partial charge in [0.25, 0.3) is 5.69 Å². The topological polar surface area (TPSA) is 98.9 Å². The van der Waals surface area contributed by atoms with Gasteiger partial charge in [0.15, 0.2) is 0 Å². The second-order valence-electron chi connectivity index (χ2n) is 4.07. The quantitative estimate of drug-likeness (QED) is 0.503. The number of benzene rings is 1. The number of nitro groups is 1. The van der Waals surface area contributed by atoms with Crippen molar-refractivity contribution in [3.8, 4) is 0 Å². The molecule has 1 atom stereocenters. The zero-order chi connectivity index (χ0) is 13.7. The maximum atomic E-state index is 10.9. The SMILES string of the molecule is CN(C)c1ccc(NCC(O)CO)c([N+](=O)[O-])c1. The maximum absolute atomic E-state index is 10.9. The van der Waals surface area contributed by atoms with Crippen LogP contribution < -0.4 is 10.2 Å². The fourth-order valence-corrected chi connectivity index (χ4v) is 1.39. The van der Waals surface area contributed by atoms with E-state index in [1.165, 1.54) is 6.07 Å². The molecule has 18 heavy (non-hydrogen) atoms. The summed E-state index contributed by atoms with van der Waals surface area (Å²) < 4.78 is 0. The number of nitrogens with zero attached hydrogens (tertiary/aromatic N) is 2. The van der Waals surface area contributed by atoms with Gasteiger partial charge in [-0.1, -0.05) is 0 Å². The van der Waals surface area contributed by atoms with Crippen LogP contribution in [0.2, 0.25) is 0 Å². The molecule has 1 aromatic carbocycles. The molecule has 0 saturated carbocycles. The molecule has 1 aromatic rings. The van der Waals surface area contributed by atoms with E-state index in [0.29, 0.717) is 5.69 Å². The molecule has 0 saturated heterocycles. The summed E-state index contributed by atoms with van der Waals surface area (Å²) >= 11 is 0. The molecule has 0 aliphatic rings. The number of nitro benzene ring substituents is 1. The largest absolute Gasteiger partial charge is 0.394 e. The molecule has 7 heteroatoms. The molecule has 1 unspecified atom stereocenters. The Morgan fingerprint density at radius 2 is 2.17 bits per heavy atom. The number of aliphatic hydroxyl groups excluding tert-OH is 2. The first-order chi connectivity index (χ1) is 8.45. The van der Waals surface area contributed by atoms with Crippen molar-refractivity contribution in [2.24, 2.45) is 0 Å². The van der Waals surface area contributed by atoms with Crippen LogP contribution in [0.4, 0.5) is 17.1 Å². The number of nitrogens with one attached hydrogen (secondary N) is 1. The number of hydrogen-bond donors (Lipinski definition) is 3. The smallest absolute Gasteiger partial charge is 0.294 e. The zero-order valence-electron chi connectivity index (χ0n) is 10.3. The van der Waals surface area contributed by atoms with Gasteiger partial charge < -0.3 is 20.4 Å². The van der Waals surface area contributed by atoms with Crippen LogP contribution in [0.25, 0.3) is 0 Å². The Morgan fingerprint density at radius 1 is 1.50 bits per heavy atom. The van der Waals surface area contributed by atoms with Gasteiger partial charge in [0.2, 0.25) is 0 Å². The van der Waals surface area contributed by atoms with E-state index in [0.717, 1.165) is 5.69 Å². The van der Waals surface area contributed by atoms with Crippen molar-refractivity contribution in [3.63, 3.8) is 0 Å². The van der Waals surface area contributed by atoms with E-state index in [9.17, 15) is 15.2 Å². The van der Waals surface area contributed by atoms with Crippen LogP contribution in [-0.2, 0) is 0 Å². The molecule has 1 rings (SSSR count). The lowest BCUT2D eigenvalue weighted by atomic mass is 10.2. The van der Waals surface area contributed by atoms with Gasteiger partial charge in [-0.15, -0.1) is 0 Å². The summed E-state index contributed by atoms with van der Waals surface area (Å²) in [6.45, 7) is -0.338. The summed E-state index contributed by atoms with van der Waals surface area (Å²) in [4.78, 5) is 12.2. The molecule has 7 nitrogen and oxygen atoms in total. The first-order valence-corrected chi connectivity index (χ1v) is 5.44. The van der Waals surface area contributed by atoms with Crippen molar-refractivity contribution in [2.45, 2.75) is 6.10 Å². The molecule has 3 N–H and O–H groups in total. The highest BCUT2D eigenvalue weighted by molar-refractivity contribution is 5.68. The number of aliphatic hydroxyl groups is 2. The van der Waals surface area contributed by atoms with E-state index in [1.54, 1.807) is 31.1 Å². The van der Waals surface area contributed by atoms with Gasteiger partial charge in [-0.2, -0.15) is 0 Å². The van der Waals surface area contributed by atoms with Crippen LogP contribution >= 0.6 is 0 Å². The van der Waals surface area contributed by atoms with Gasteiger partial charge in [-0.3, -0.25) is 10.1 Å². The molecule has 0 aliphatic heterocycles. The maximum Gasteiger partial charge on any atom is 0.294 e. The van der Waals surface area contributed by atoms with Crippen LogP contribution in [0, 0.1) is 10.1 Å². The van der Waals surface area contributed by atoms with Gasteiger partial charge in [0, 0.05) is 32.4 Å².